The first-order valence-corrected chi connectivity index (χ1v) is 9.48. The number of rotatable bonds is 5. The Hall–Kier alpha value is -1.66. The maximum absolute atomic E-state index is 12.3. The zero-order chi connectivity index (χ0) is 17.2. The molecule has 124 valence electrons. The van der Waals surface area contributed by atoms with Gasteiger partial charge in [-0.1, -0.05) is 47.5 Å². The van der Waals surface area contributed by atoms with Gasteiger partial charge in [0.1, 0.15) is 0 Å². The molecule has 0 saturated heterocycles. The first kappa shape index (κ1) is 17.2. The number of fused-ring (bicyclic) bond motifs is 1. The summed E-state index contributed by atoms with van der Waals surface area (Å²) in [6, 6.07) is 13.9. The van der Waals surface area contributed by atoms with Crippen molar-refractivity contribution in [3.8, 4) is 0 Å². The van der Waals surface area contributed by atoms with Crippen LogP contribution in [-0.2, 0) is 16.4 Å². The molecule has 1 N–H and O–H groups in total. The van der Waals surface area contributed by atoms with Crippen LogP contribution in [0.25, 0.3) is 10.9 Å². The van der Waals surface area contributed by atoms with E-state index in [1.807, 2.05) is 30.3 Å². The molecule has 1 aromatic heterocycles. The third-order valence-electron chi connectivity index (χ3n) is 3.60. The van der Waals surface area contributed by atoms with E-state index in [4.69, 9.17) is 23.2 Å². The molecule has 24 heavy (non-hydrogen) atoms. The Morgan fingerprint density at radius 1 is 1.00 bits per heavy atom. The third-order valence-corrected chi connectivity index (χ3v) is 5.80. The molecule has 3 rings (SSSR count). The molecule has 0 amide bonds. The number of halogens is 2. The number of hydrogen-bond acceptors (Lipinski definition) is 3. The Kier molecular flexibility index (Phi) is 5.06. The molecule has 0 bridgehead atoms. The third kappa shape index (κ3) is 3.70. The molecule has 0 radical (unpaired) electrons. The van der Waals surface area contributed by atoms with Gasteiger partial charge in [0.05, 0.1) is 20.5 Å². The fourth-order valence-corrected chi connectivity index (χ4v) is 3.84. The lowest BCUT2D eigenvalue weighted by Gasteiger charge is -2.09. The number of pyridine rings is 1. The lowest BCUT2D eigenvalue weighted by atomic mass is 10.1. The van der Waals surface area contributed by atoms with Crippen LogP contribution in [0.2, 0.25) is 10.0 Å². The van der Waals surface area contributed by atoms with Crippen molar-refractivity contribution in [2.75, 3.05) is 6.54 Å². The highest BCUT2D eigenvalue weighted by molar-refractivity contribution is 7.89. The summed E-state index contributed by atoms with van der Waals surface area (Å²) in [7, 11) is -3.64. The summed E-state index contributed by atoms with van der Waals surface area (Å²) in [5.74, 6) is 0. The van der Waals surface area contributed by atoms with Crippen LogP contribution in [0.5, 0.6) is 0 Å². The Morgan fingerprint density at radius 2 is 1.79 bits per heavy atom. The predicted molar refractivity (Wildman–Crippen MR) is 97.1 cm³/mol. The zero-order valence-corrected chi connectivity index (χ0v) is 14.9. The van der Waals surface area contributed by atoms with Crippen LogP contribution in [0.15, 0.2) is 59.6 Å². The molecule has 3 aromatic rings. The van der Waals surface area contributed by atoms with Gasteiger partial charge in [0.15, 0.2) is 0 Å². The van der Waals surface area contributed by atoms with Gasteiger partial charge < -0.3 is 0 Å². The maximum Gasteiger partial charge on any atom is 0.240 e. The van der Waals surface area contributed by atoms with Gasteiger partial charge in [0.25, 0.3) is 0 Å². The fraction of sp³-hybridized carbons (Fsp3) is 0.118. The monoisotopic (exact) mass is 380 g/mol. The summed E-state index contributed by atoms with van der Waals surface area (Å²) >= 11 is 11.7. The highest BCUT2D eigenvalue weighted by atomic mass is 35.5. The maximum atomic E-state index is 12.3. The van der Waals surface area contributed by atoms with Gasteiger partial charge in [-0.25, -0.2) is 13.1 Å². The van der Waals surface area contributed by atoms with E-state index in [0.29, 0.717) is 11.4 Å². The largest absolute Gasteiger partial charge is 0.256 e. The molecule has 0 aliphatic heterocycles. The number of benzene rings is 2. The SMILES string of the molecule is O=S(=O)(NCCc1cccc2cccnc12)c1ccc(Cl)c(Cl)c1. The summed E-state index contributed by atoms with van der Waals surface area (Å²) < 4.78 is 27.2. The second-order valence-corrected chi connectivity index (χ2v) is 7.80. The van der Waals surface area contributed by atoms with Crippen LogP contribution in [0.1, 0.15) is 5.56 Å². The minimum absolute atomic E-state index is 0.0907. The smallest absolute Gasteiger partial charge is 0.240 e. The molecular formula is C17H14Cl2N2O2S. The summed E-state index contributed by atoms with van der Waals surface area (Å²) in [6.07, 6.45) is 2.26. The van der Waals surface area contributed by atoms with E-state index >= 15 is 0 Å². The lowest BCUT2D eigenvalue weighted by molar-refractivity contribution is 0.581. The first-order valence-electron chi connectivity index (χ1n) is 7.25. The minimum atomic E-state index is -3.64. The number of sulfonamides is 1. The van der Waals surface area contributed by atoms with Crippen molar-refractivity contribution in [2.24, 2.45) is 0 Å². The predicted octanol–water partition coefficient (Wildman–Crippen LogP) is 4.06. The van der Waals surface area contributed by atoms with E-state index in [1.54, 1.807) is 6.20 Å². The Bertz CT molecular complexity index is 986. The van der Waals surface area contributed by atoms with Crippen LogP contribution < -0.4 is 4.72 Å². The Morgan fingerprint density at radius 3 is 2.58 bits per heavy atom. The molecule has 0 aliphatic carbocycles. The minimum Gasteiger partial charge on any atom is -0.256 e. The number of nitrogens with one attached hydrogen (secondary N) is 1. The van der Waals surface area contributed by atoms with Crippen molar-refractivity contribution in [1.82, 2.24) is 9.71 Å². The topological polar surface area (TPSA) is 59.1 Å². The summed E-state index contributed by atoms with van der Waals surface area (Å²) in [6.45, 7) is 0.262. The van der Waals surface area contributed by atoms with Gasteiger partial charge in [-0.05, 0) is 36.2 Å². The standard InChI is InChI=1S/C17H14Cl2N2O2S/c18-15-7-6-14(11-16(15)19)24(22,23)21-10-8-13-4-1-3-12-5-2-9-20-17(12)13/h1-7,9,11,21H,8,10H2. The van der Waals surface area contributed by atoms with Crippen molar-refractivity contribution in [2.45, 2.75) is 11.3 Å². The van der Waals surface area contributed by atoms with Gasteiger partial charge in [0, 0.05) is 18.1 Å². The molecule has 0 atom stereocenters. The molecule has 0 fully saturated rings. The molecule has 0 unspecified atom stereocenters. The van der Waals surface area contributed by atoms with Crippen LogP contribution in [0.3, 0.4) is 0 Å². The fourth-order valence-electron chi connectivity index (χ4n) is 2.42. The summed E-state index contributed by atoms with van der Waals surface area (Å²) in [5, 5.41) is 1.55. The van der Waals surface area contributed by atoms with E-state index < -0.39 is 10.0 Å². The molecule has 4 nitrogen and oxygen atoms in total. The number of hydrogen-bond donors (Lipinski definition) is 1. The van der Waals surface area contributed by atoms with Crippen molar-refractivity contribution in [3.63, 3.8) is 0 Å². The van der Waals surface area contributed by atoms with Gasteiger partial charge in [-0.15, -0.1) is 0 Å². The highest BCUT2D eigenvalue weighted by Crippen LogP contribution is 2.24. The number of nitrogens with zero attached hydrogens (tertiary/aromatic N) is 1. The van der Waals surface area contributed by atoms with E-state index in [1.165, 1.54) is 18.2 Å². The van der Waals surface area contributed by atoms with E-state index in [-0.39, 0.29) is 16.5 Å². The van der Waals surface area contributed by atoms with Crippen molar-refractivity contribution in [1.29, 1.82) is 0 Å². The average Bonchev–Trinajstić information content (AvgIpc) is 2.57. The van der Waals surface area contributed by atoms with Crippen molar-refractivity contribution in [3.05, 3.63) is 70.3 Å². The Balaban J connectivity index is 1.74. The number of para-hydroxylation sites is 1. The van der Waals surface area contributed by atoms with E-state index in [9.17, 15) is 8.42 Å². The summed E-state index contributed by atoms with van der Waals surface area (Å²) in [4.78, 5) is 4.46. The van der Waals surface area contributed by atoms with Crippen LogP contribution in [0, 0.1) is 0 Å². The average molecular weight is 381 g/mol. The zero-order valence-electron chi connectivity index (χ0n) is 12.5. The van der Waals surface area contributed by atoms with Gasteiger partial charge in [-0.3, -0.25) is 4.98 Å². The van der Waals surface area contributed by atoms with Crippen LogP contribution in [-0.4, -0.2) is 19.9 Å². The van der Waals surface area contributed by atoms with Crippen LogP contribution >= 0.6 is 23.2 Å². The van der Waals surface area contributed by atoms with Gasteiger partial charge >= 0.3 is 0 Å². The molecule has 2 aromatic carbocycles. The first-order chi connectivity index (χ1) is 11.5. The molecule has 0 saturated carbocycles. The molecule has 1 heterocycles. The lowest BCUT2D eigenvalue weighted by Crippen LogP contribution is -2.26. The van der Waals surface area contributed by atoms with Crippen LogP contribution in [0.4, 0.5) is 0 Å². The van der Waals surface area contributed by atoms with Gasteiger partial charge in [0.2, 0.25) is 10.0 Å². The van der Waals surface area contributed by atoms with E-state index in [2.05, 4.69) is 9.71 Å². The molecule has 7 heteroatoms. The van der Waals surface area contributed by atoms with E-state index in [0.717, 1.165) is 16.5 Å². The molecule has 0 aliphatic rings. The number of aromatic nitrogens is 1. The second-order valence-electron chi connectivity index (χ2n) is 5.22. The highest BCUT2D eigenvalue weighted by Gasteiger charge is 2.15. The Labute approximate surface area is 150 Å². The second kappa shape index (κ2) is 7.07. The summed E-state index contributed by atoms with van der Waals surface area (Å²) in [5.41, 5.74) is 1.87. The quantitative estimate of drug-likeness (QED) is 0.725. The van der Waals surface area contributed by atoms with Crippen molar-refractivity contribution >= 4 is 44.1 Å². The normalized spacial score (nSPS) is 11.8. The van der Waals surface area contributed by atoms with Crippen molar-refractivity contribution < 1.29 is 8.42 Å². The van der Waals surface area contributed by atoms with Gasteiger partial charge in [-0.2, -0.15) is 0 Å². The molecular weight excluding hydrogens is 367 g/mol. The molecule has 0 spiro atoms.